The average molecular weight is 587 g/mol. The maximum Gasteiger partial charge on any atom is 0.336 e. The highest BCUT2D eigenvalue weighted by molar-refractivity contribution is 6.39. The lowest BCUT2D eigenvalue weighted by Gasteiger charge is -2.28. The molecule has 0 aromatic heterocycles. The van der Waals surface area contributed by atoms with Crippen LogP contribution in [0.5, 0.6) is 23.0 Å². The van der Waals surface area contributed by atoms with Crippen LogP contribution in [0.4, 0.5) is 10.5 Å². The first-order chi connectivity index (χ1) is 20.3. The molecular formula is C32H27ClN2O7. The van der Waals surface area contributed by atoms with Crippen LogP contribution in [0.25, 0.3) is 16.8 Å². The molecule has 1 aliphatic rings. The van der Waals surface area contributed by atoms with Crippen molar-refractivity contribution in [2.45, 2.75) is 13.5 Å². The predicted octanol–water partition coefficient (Wildman–Crippen LogP) is 6.15. The fourth-order valence-electron chi connectivity index (χ4n) is 4.64. The number of halogens is 1. The summed E-state index contributed by atoms with van der Waals surface area (Å²) in [6.07, 6.45) is 1.38. The first-order valence-electron chi connectivity index (χ1n) is 13.0. The number of ether oxygens (including phenoxy) is 4. The predicted molar refractivity (Wildman–Crippen MR) is 159 cm³/mol. The second kappa shape index (κ2) is 12.2. The number of rotatable bonds is 9. The van der Waals surface area contributed by atoms with Gasteiger partial charge in [0.25, 0.3) is 11.8 Å². The molecular weight excluding hydrogens is 560 g/mol. The van der Waals surface area contributed by atoms with Crippen LogP contribution in [0.3, 0.4) is 0 Å². The Kier molecular flexibility index (Phi) is 8.31. The van der Waals surface area contributed by atoms with Crippen LogP contribution in [0.2, 0.25) is 5.02 Å². The van der Waals surface area contributed by atoms with Gasteiger partial charge in [-0.2, -0.15) is 0 Å². The molecule has 1 aliphatic heterocycles. The van der Waals surface area contributed by atoms with Crippen LogP contribution in [0.1, 0.15) is 18.1 Å². The number of nitrogens with one attached hydrogen (secondary N) is 1. The maximum atomic E-state index is 13.5. The normalized spacial score (nSPS) is 14.2. The number of amides is 4. The van der Waals surface area contributed by atoms with Crippen LogP contribution in [0, 0.1) is 0 Å². The SMILES string of the molecule is CCOc1cc(/C=C2\C(=O)NC(=O)N(c3cc(OC)c(Cl)cc3OC)C2=O)ccc1OCc1cccc2ccccc12. The van der Waals surface area contributed by atoms with Gasteiger partial charge in [0.05, 0.1) is 31.5 Å². The summed E-state index contributed by atoms with van der Waals surface area (Å²) in [4.78, 5) is 39.9. The molecule has 0 unspecified atom stereocenters. The number of urea groups is 1. The van der Waals surface area contributed by atoms with Crippen molar-refractivity contribution in [3.63, 3.8) is 0 Å². The molecule has 42 heavy (non-hydrogen) atoms. The molecule has 1 saturated heterocycles. The van der Waals surface area contributed by atoms with Gasteiger partial charge in [0.1, 0.15) is 23.7 Å². The molecule has 10 heteroatoms. The van der Waals surface area contributed by atoms with Crippen molar-refractivity contribution in [1.82, 2.24) is 5.32 Å². The third-order valence-electron chi connectivity index (χ3n) is 6.64. The molecule has 0 aliphatic carbocycles. The molecule has 0 spiro atoms. The average Bonchev–Trinajstić information content (AvgIpc) is 2.99. The topological polar surface area (TPSA) is 103 Å². The second-order valence-electron chi connectivity index (χ2n) is 9.18. The minimum atomic E-state index is -0.933. The molecule has 1 heterocycles. The number of hydrogen-bond donors (Lipinski definition) is 1. The quantitative estimate of drug-likeness (QED) is 0.185. The number of hydrogen-bond acceptors (Lipinski definition) is 7. The van der Waals surface area contributed by atoms with Gasteiger partial charge in [-0.05, 0) is 47.0 Å². The van der Waals surface area contributed by atoms with Crippen molar-refractivity contribution in [3.8, 4) is 23.0 Å². The number of imide groups is 2. The van der Waals surface area contributed by atoms with Crippen LogP contribution in [-0.4, -0.2) is 38.7 Å². The molecule has 0 saturated carbocycles. The third-order valence-corrected chi connectivity index (χ3v) is 6.93. The summed E-state index contributed by atoms with van der Waals surface area (Å²) in [6, 6.07) is 21.0. The Hall–Kier alpha value is -5.02. The van der Waals surface area contributed by atoms with E-state index in [1.165, 1.54) is 32.4 Å². The van der Waals surface area contributed by atoms with Crippen LogP contribution in [0.15, 0.2) is 78.4 Å². The highest BCUT2D eigenvalue weighted by atomic mass is 35.5. The van der Waals surface area contributed by atoms with Gasteiger partial charge in [-0.3, -0.25) is 14.9 Å². The Morgan fingerprint density at radius 3 is 2.36 bits per heavy atom. The van der Waals surface area contributed by atoms with Gasteiger partial charge in [-0.25, -0.2) is 9.69 Å². The summed E-state index contributed by atoms with van der Waals surface area (Å²) < 4.78 is 22.5. The summed E-state index contributed by atoms with van der Waals surface area (Å²) in [6.45, 7) is 2.52. The van der Waals surface area contributed by atoms with Crippen LogP contribution >= 0.6 is 11.6 Å². The summed E-state index contributed by atoms with van der Waals surface area (Å²) >= 11 is 6.19. The van der Waals surface area contributed by atoms with E-state index in [1.54, 1.807) is 18.2 Å². The highest BCUT2D eigenvalue weighted by Gasteiger charge is 2.38. The second-order valence-corrected chi connectivity index (χ2v) is 9.59. The van der Waals surface area contributed by atoms with E-state index in [9.17, 15) is 14.4 Å². The van der Waals surface area contributed by atoms with Gasteiger partial charge >= 0.3 is 6.03 Å². The van der Waals surface area contributed by atoms with Gasteiger partial charge in [-0.1, -0.05) is 60.1 Å². The lowest BCUT2D eigenvalue weighted by atomic mass is 10.1. The largest absolute Gasteiger partial charge is 0.495 e. The van der Waals surface area contributed by atoms with Crippen molar-refractivity contribution < 1.29 is 33.3 Å². The zero-order valence-electron chi connectivity index (χ0n) is 23.1. The Bertz CT molecular complexity index is 1730. The van der Waals surface area contributed by atoms with E-state index >= 15 is 0 Å². The fraction of sp³-hybridized carbons (Fsp3) is 0.156. The van der Waals surface area contributed by atoms with E-state index in [2.05, 4.69) is 5.32 Å². The first-order valence-corrected chi connectivity index (χ1v) is 13.4. The van der Waals surface area contributed by atoms with Gasteiger partial charge in [-0.15, -0.1) is 0 Å². The first kappa shape index (κ1) is 28.5. The van der Waals surface area contributed by atoms with Gasteiger partial charge in [0, 0.05) is 12.1 Å². The lowest BCUT2D eigenvalue weighted by Crippen LogP contribution is -2.54. The van der Waals surface area contributed by atoms with Gasteiger partial charge in [0.2, 0.25) is 0 Å². The van der Waals surface area contributed by atoms with Crippen molar-refractivity contribution in [2.75, 3.05) is 25.7 Å². The molecule has 1 N–H and O–H groups in total. The standard InChI is InChI=1S/C32H27ClN2O7/c1-4-41-29-15-19(12-13-26(29)42-18-21-10-7-9-20-8-5-6-11-22(20)21)14-23-30(36)34-32(38)35(31(23)37)25-17-27(39-2)24(33)16-28(25)40-3/h5-17H,4,18H2,1-3H3,(H,34,36,38)/b23-14+. The zero-order valence-corrected chi connectivity index (χ0v) is 23.9. The molecule has 1 fully saturated rings. The molecule has 214 valence electrons. The van der Waals surface area contributed by atoms with Crippen molar-refractivity contribution in [3.05, 3.63) is 94.5 Å². The monoisotopic (exact) mass is 586 g/mol. The fourth-order valence-corrected chi connectivity index (χ4v) is 4.87. The van der Waals surface area contributed by atoms with Gasteiger partial charge < -0.3 is 18.9 Å². The maximum absolute atomic E-state index is 13.5. The van der Waals surface area contributed by atoms with Crippen molar-refractivity contribution >= 4 is 52.0 Å². The van der Waals surface area contributed by atoms with E-state index in [-0.39, 0.29) is 27.8 Å². The molecule has 0 atom stereocenters. The van der Waals surface area contributed by atoms with E-state index in [0.717, 1.165) is 21.2 Å². The third kappa shape index (κ3) is 5.59. The van der Waals surface area contributed by atoms with Crippen molar-refractivity contribution in [1.29, 1.82) is 0 Å². The smallest absolute Gasteiger partial charge is 0.336 e. The minimum Gasteiger partial charge on any atom is -0.495 e. The summed E-state index contributed by atoms with van der Waals surface area (Å²) in [5.41, 5.74) is 1.30. The van der Waals surface area contributed by atoms with E-state index < -0.39 is 17.8 Å². The number of benzene rings is 4. The number of methoxy groups -OCH3 is 2. The molecule has 4 aromatic carbocycles. The molecule has 5 rings (SSSR count). The molecule has 4 amide bonds. The van der Waals surface area contributed by atoms with Crippen LogP contribution in [-0.2, 0) is 16.2 Å². The number of carbonyl (C=O) groups excluding carboxylic acids is 3. The van der Waals surface area contributed by atoms with Gasteiger partial charge in [0.15, 0.2) is 11.5 Å². The Morgan fingerprint density at radius 2 is 1.60 bits per heavy atom. The summed E-state index contributed by atoms with van der Waals surface area (Å²) in [5, 5.41) is 4.64. The van der Waals surface area contributed by atoms with E-state index in [0.29, 0.717) is 30.3 Å². The van der Waals surface area contributed by atoms with Crippen LogP contribution < -0.4 is 29.2 Å². The minimum absolute atomic E-state index is 0.0619. The highest BCUT2D eigenvalue weighted by Crippen LogP contribution is 2.39. The number of carbonyl (C=O) groups is 3. The van der Waals surface area contributed by atoms with E-state index in [4.69, 9.17) is 30.5 Å². The summed E-state index contributed by atoms with van der Waals surface area (Å²) in [5.74, 6) is -0.384. The molecule has 9 nitrogen and oxygen atoms in total. The number of nitrogens with zero attached hydrogens (tertiary/aromatic N) is 1. The number of fused-ring (bicyclic) bond motifs is 1. The Labute approximate surface area is 247 Å². The Balaban J connectivity index is 1.45. The number of barbiturate groups is 1. The number of anilines is 1. The molecule has 0 bridgehead atoms. The van der Waals surface area contributed by atoms with Crippen molar-refractivity contribution in [2.24, 2.45) is 0 Å². The molecule has 4 aromatic rings. The van der Waals surface area contributed by atoms with E-state index in [1.807, 2.05) is 49.4 Å². The zero-order chi connectivity index (χ0) is 29.8. The summed E-state index contributed by atoms with van der Waals surface area (Å²) in [7, 11) is 2.77. The Morgan fingerprint density at radius 1 is 0.833 bits per heavy atom. The molecule has 0 radical (unpaired) electrons. The lowest BCUT2D eigenvalue weighted by molar-refractivity contribution is -0.122.